The molecule has 0 rings (SSSR count). The van der Waals surface area contributed by atoms with Gasteiger partial charge in [-0.1, -0.05) is 6.92 Å². The van der Waals surface area contributed by atoms with Crippen LogP contribution < -0.4 is 0 Å². The van der Waals surface area contributed by atoms with Gasteiger partial charge in [-0.25, -0.2) is 0 Å². The van der Waals surface area contributed by atoms with Crippen LogP contribution in [0.25, 0.3) is 0 Å². The Morgan fingerprint density at radius 3 is 2.78 bits per heavy atom. The first-order valence-corrected chi connectivity index (χ1v) is 3.84. The van der Waals surface area contributed by atoms with Gasteiger partial charge in [0.15, 0.2) is 0 Å². The molecule has 1 nitrogen and oxygen atoms in total. The van der Waals surface area contributed by atoms with Gasteiger partial charge >= 0.3 is 0 Å². The molecule has 0 radical (unpaired) electrons. The van der Waals surface area contributed by atoms with Crippen molar-refractivity contribution in [2.75, 3.05) is 5.88 Å². The Hall–Kier alpha value is -0.0400. The molecule has 2 heteroatoms. The smallest absolute Gasteiger partial charge is 0.120 e. The number of aldehydes is 1. The van der Waals surface area contributed by atoms with Gasteiger partial charge in [-0.05, 0) is 18.8 Å². The van der Waals surface area contributed by atoms with Crippen LogP contribution in [0.4, 0.5) is 0 Å². The molecule has 0 heterocycles. The fraction of sp³-hybridized carbons (Fsp3) is 0.857. The van der Waals surface area contributed by atoms with Gasteiger partial charge in [0.25, 0.3) is 0 Å². The topological polar surface area (TPSA) is 17.1 Å². The highest BCUT2D eigenvalue weighted by atomic mass is 35.5. The highest BCUT2D eigenvalue weighted by Gasteiger charge is 1.98. The summed E-state index contributed by atoms with van der Waals surface area (Å²) >= 11 is 5.46. The third-order valence-corrected chi connectivity index (χ3v) is 1.60. The van der Waals surface area contributed by atoms with Crippen LogP contribution in [0.2, 0.25) is 0 Å². The van der Waals surface area contributed by atoms with Gasteiger partial charge in [0.05, 0.1) is 0 Å². The van der Waals surface area contributed by atoms with Crippen LogP contribution in [0.3, 0.4) is 0 Å². The number of carbonyl (C=O) groups is 1. The van der Waals surface area contributed by atoms with E-state index in [1.807, 2.05) is 0 Å². The lowest BCUT2D eigenvalue weighted by Gasteiger charge is -2.03. The molecular formula is C7H13ClO. The van der Waals surface area contributed by atoms with E-state index in [0.717, 1.165) is 19.1 Å². The highest BCUT2D eigenvalue weighted by Crippen LogP contribution is 2.08. The maximum absolute atomic E-state index is 9.95. The molecule has 0 saturated heterocycles. The third-order valence-electron chi connectivity index (χ3n) is 1.33. The highest BCUT2D eigenvalue weighted by molar-refractivity contribution is 6.17. The first kappa shape index (κ1) is 8.96. The zero-order valence-corrected chi connectivity index (χ0v) is 6.53. The van der Waals surface area contributed by atoms with E-state index < -0.39 is 0 Å². The molecule has 0 aromatic rings. The quantitative estimate of drug-likeness (QED) is 0.432. The lowest BCUT2D eigenvalue weighted by molar-refractivity contribution is -0.108. The van der Waals surface area contributed by atoms with Crippen LogP contribution in [-0.2, 0) is 4.79 Å². The van der Waals surface area contributed by atoms with E-state index in [2.05, 4.69) is 6.92 Å². The molecule has 0 aliphatic rings. The molecule has 1 unspecified atom stereocenters. The summed E-state index contributed by atoms with van der Waals surface area (Å²) in [5.41, 5.74) is 0. The van der Waals surface area contributed by atoms with Crippen molar-refractivity contribution in [1.29, 1.82) is 0 Å². The SMILES string of the molecule is CC(CC=O)CCCCl. The fourth-order valence-corrected chi connectivity index (χ4v) is 0.862. The zero-order chi connectivity index (χ0) is 7.11. The maximum atomic E-state index is 9.95. The van der Waals surface area contributed by atoms with Gasteiger partial charge in [-0.15, -0.1) is 11.6 Å². The molecule has 0 aromatic carbocycles. The minimum Gasteiger partial charge on any atom is -0.303 e. The predicted molar refractivity (Wildman–Crippen MR) is 39.8 cm³/mol. The summed E-state index contributed by atoms with van der Waals surface area (Å²) in [5.74, 6) is 1.23. The minimum atomic E-state index is 0.515. The summed E-state index contributed by atoms with van der Waals surface area (Å²) in [6.07, 6.45) is 3.74. The van der Waals surface area contributed by atoms with Crippen LogP contribution in [0.5, 0.6) is 0 Å². The second-order valence-corrected chi connectivity index (χ2v) is 2.72. The summed E-state index contributed by atoms with van der Waals surface area (Å²) in [4.78, 5) is 9.95. The summed E-state index contributed by atoms with van der Waals surface area (Å²) in [6, 6.07) is 0. The molecule has 0 aliphatic heterocycles. The van der Waals surface area contributed by atoms with Gasteiger partial charge in [0.1, 0.15) is 6.29 Å². The summed E-state index contributed by atoms with van der Waals surface area (Å²) in [6.45, 7) is 2.07. The Kier molecular flexibility index (Phi) is 6.06. The minimum absolute atomic E-state index is 0.515. The Bertz CT molecular complexity index is 73.3. The zero-order valence-electron chi connectivity index (χ0n) is 5.77. The summed E-state index contributed by atoms with van der Waals surface area (Å²) < 4.78 is 0. The molecule has 1 atom stereocenters. The van der Waals surface area contributed by atoms with E-state index in [1.165, 1.54) is 0 Å². The second kappa shape index (κ2) is 6.09. The molecule has 0 spiro atoms. The van der Waals surface area contributed by atoms with Crippen molar-refractivity contribution in [3.8, 4) is 0 Å². The molecule has 54 valence electrons. The Morgan fingerprint density at radius 1 is 1.67 bits per heavy atom. The predicted octanol–water partition coefficient (Wildman–Crippen LogP) is 2.23. The average molecular weight is 149 g/mol. The van der Waals surface area contributed by atoms with Crippen molar-refractivity contribution in [3.63, 3.8) is 0 Å². The molecule has 0 aromatic heterocycles. The van der Waals surface area contributed by atoms with Gasteiger partial charge < -0.3 is 4.79 Å². The first-order chi connectivity index (χ1) is 4.31. The molecule has 9 heavy (non-hydrogen) atoms. The third kappa shape index (κ3) is 5.84. The molecule has 0 saturated carbocycles. The number of hydrogen-bond acceptors (Lipinski definition) is 1. The summed E-state index contributed by atoms with van der Waals surface area (Å²) in [5, 5.41) is 0. The second-order valence-electron chi connectivity index (χ2n) is 2.34. The van der Waals surface area contributed by atoms with Crippen LogP contribution in [0, 0.1) is 5.92 Å². The van der Waals surface area contributed by atoms with Crippen LogP contribution >= 0.6 is 11.6 Å². The van der Waals surface area contributed by atoms with Crippen LogP contribution in [0.1, 0.15) is 26.2 Å². The van der Waals surface area contributed by atoms with Crippen molar-refractivity contribution in [3.05, 3.63) is 0 Å². The van der Waals surface area contributed by atoms with Gasteiger partial charge in [-0.3, -0.25) is 0 Å². The summed E-state index contributed by atoms with van der Waals surface area (Å²) in [7, 11) is 0. The van der Waals surface area contributed by atoms with Gasteiger partial charge in [0.2, 0.25) is 0 Å². The van der Waals surface area contributed by atoms with E-state index >= 15 is 0 Å². The van der Waals surface area contributed by atoms with Gasteiger partial charge in [0, 0.05) is 12.3 Å². The van der Waals surface area contributed by atoms with Crippen molar-refractivity contribution < 1.29 is 4.79 Å². The largest absolute Gasteiger partial charge is 0.303 e. The van der Waals surface area contributed by atoms with E-state index in [0.29, 0.717) is 18.2 Å². The number of alkyl halides is 1. The number of carbonyl (C=O) groups excluding carboxylic acids is 1. The molecule has 0 fully saturated rings. The normalized spacial score (nSPS) is 13.1. The van der Waals surface area contributed by atoms with Gasteiger partial charge in [-0.2, -0.15) is 0 Å². The van der Waals surface area contributed by atoms with Crippen molar-refractivity contribution >= 4 is 17.9 Å². The number of halogens is 1. The van der Waals surface area contributed by atoms with E-state index in [9.17, 15) is 4.79 Å². The monoisotopic (exact) mass is 148 g/mol. The molecule has 0 aliphatic carbocycles. The number of rotatable bonds is 5. The maximum Gasteiger partial charge on any atom is 0.120 e. The van der Waals surface area contributed by atoms with E-state index in [4.69, 9.17) is 11.6 Å². The fourth-order valence-electron chi connectivity index (χ4n) is 0.708. The number of hydrogen-bond donors (Lipinski definition) is 0. The Labute approximate surface area is 61.4 Å². The van der Waals surface area contributed by atoms with Crippen molar-refractivity contribution in [2.45, 2.75) is 26.2 Å². The molecule has 0 bridgehead atoms. The van der Waals surface area contributed by atoms with E-state index in [1.54, 1.807) is 0 Å². The standard InChI is InChI=1S/C7H13ClO/c1-7(4-6-9)3-2-5-8/h6-7H,2-5H2,1H3. The molecular weight excluding hydrogens is 136 g/mol. The van der Waals surface area contributed by atoms with Crippen molar-refractivity contribution in [1.82, 2.24) is 0 Å². The Morgan fingerprint density at radius 2 is 2.33 bits per heavy atom. The van der Waals surface area contributed by atoms with Crippen molar-refractivity contribution in [2.24, 2.45) is 5.92 Å². The van der Waals surface area contributed by atoms with E-state index in [-0.39, 0.29) is 0 Å². The van der Waals surface area contributed by atoms with Crippen LogP contribution in [-0.4, -0.2) is 12.2 Å². The Balaban J connectivity index is 3.04. The molecule has 0 N–H and O–H groups in total. The lowest BCUT2D eigenvalue weighted by Crippen LogP contribution is -1.95. The van der Waals surface area contributed by atoms with Crippen LogP contribution in [0.15, 0.2) is 0 Å². The first-order valence-electron chi connectivity index (χ1n) is 3.31. The molecule has 0 amide bonds. The average Bonchev–Trinajstić information content (AvgIpc) is 1.85. The lowest BCUT2D eigenvalue weighted by atomic mass is 10.0.